The fourth-order valence-electron chi connectivity index (χ4n) is 4.15. The highest BCUT2D eigenvalue weighted by molar-refractivity contribution is 5.97. The van der Waals surface area contributed by atoms with E-state index < -0.39 is 97.0 Å². The Morgan fingerprint density at radius 2 is 1.22 bits per heavy atom. The van der Waals surface area contributed by atoms with Crippen LogP contribution < -0.4 is 32.3 Å². The molecule has 17 nitrogen and oxygen atoms in total. The molecule has 0 unspecified atom stereocenters. The molecule has 0 saturated heterocycles. The van der Waals surface area contributed by atoms with E-state index in [0.717, 1.165) is 0 Å². The highest BCUT2D eigenvalue weighted by atomic mass is 16.4. The zero-order chi connectivity index (χ0) is 35.0. The van der Waals surface area contributed by atoms with Gasteiger partial charge in [0.05, 0.1) is 13.0 Å². The molecular formula is C29H42N6O11. The molecule has 0 heterocycles. The fourth-order valence-corrected chi connectivity index (χ4v) is 4.15. The lowest BCUT2D eigenvalue weighted by Gasteiger charge is -2.26. The van der Waals surface area contributed by atoms with E-state index in [1.165, 1.54) is 6.92 Å². The van der Waals surface area contributed by atoms with Crippen molar-refractivity contribution in [2.45, 2.75) is 83.1 Å². The van der Waals surface area contributed by atoms with Crippen LogP contribution in [0.5, 0.6) is 0 Å². The molecule has 17 heteroatoms. The molecule has 0 fully saturated rings. The van der Waals surface area contributed by atoms with Gasteiger partial charge in [0.2, 0.25) is 29.5 Å². The van der Waals surface area contributed by atoms with Crippen molar-refractivity contribution in [1.29, 1.82) is 0 Å². The zero-order valence-corrected chi connectivity index (χ0v) is 25.8. The quantitative estimate of drug-likeness (QED) is 0.0748. The van der Waals surface area contributed by atoms with Gasteiger partial charge in [-0.2, -0.15) is 0 Å². The number of nitrogens with one attached hydrogen (secondary N) is 5. The van der Waals surface area contributed by atoms with E-state index in [4.69, 9.17) is 10.8 Å². The summed E-state index contributed by atoms with van der Waals surface area (Å²) in [6, 6.07) is 1.52. The molecule has 0 aromatic heterocycles. The fraction of sp³-hybridized carbons (Fsp3) is 0.517. The summed E-state index contributed by atoms with van der Waals surface area (Å²) in [4.78, 5) is 98.1. The number of amides is 5. The van der Waals surface area contributed by atoms with Crippen LogP contribution in [0.1, 0.15) is 52.0 Å². The van der Waals surface area contributed by atoms with Gasteiger partial charge in [-0.05, 0) is 31.2 Å². The van der Waals surface area contributed by atoms with E-state index >= 15 is 0 Å². The number of carboxylic acid groups (broad SMARTS) is 3. The molecule has 0 bridgehead atoms. The molecule has 46 heavy (non-hydrogen) atoms. The third-order valence-electron chi connectivity index (χ3n) is 6.49. The van der Waals surface area contributed by atoms with E-state index in [1.54, 1.807) is 44.2 Å². The average molecular weight is 651 g/mol. The second-order valence-electron chi connectivity index (χ2n) is 10.9. The zero-order valence-electron chi connectivity index (χ0n) is 25.8. The summed E-state index contributed by atoms with van der Waals surface area (Å²) in [7, 11) is 0. The lowest BCUT2D eigenvalue weighted by Crippen LogP contribution is -2.59. The Morgan fingerprint density at radius 1 is 0.674 bits per heavy atom. The predicted octanol–water partition coefficient (Wildman–Crippen LogP) is -1.90. The van der Waals surface area contributed by atoms with Crippen LogP contribution in [-0.4, -0.2) is 99.5 Å². The van der Waals surface area contributed by atoms with Crippen LogP contribution in [0.15, 0.2) is 30.3 Å². The van der Waals surface area contributed by atoms with Crippen molar-refractivity contribution in [3.63, 3.8) is 0 Å². The van der Waals surface area contributed by atoms with Crippen LogP contribution in [-0.2, 0) is 44.8 Å². The average Bonchev–Trinajstić information content (AvgIpc) is 2.97. The maximum Gasteiger partial charge on any atom is 0.326 e. The molecule has 1 aromatic rings. The third kappa shape index (κ3) is 14.6. The standard InChI is InChI=1S/C29H42N6O11/c1-15(2)11-19(27(43)31-16(3)25(41)35-21(29(45)46)12-17-7-5-4-6-8-17)33-28(44)20(13-24(39)40)34-26(42)18(9-10-23(37)38)32-22(36)14-30/h4-8,15-16,18-21H,9-14,30H2,1-3H3,(H,31,43)(H,32,36)(H,33,44)(H,34,42)(H,35,41)(H,37,38)(H,39,40)(H,45,46)/t16-,18-,19-,20-,21-/m0/s1. The van der Waals surface area contributed by atoms with Crippen molar-refractivity contribution >= 4 is 47.4 Å². The minimum Gasteiger partial charge on any atom is -0.481 e. The number of aliphatic carboxylic acids is 3. The minimum atomic E-state index is -1.75. The van der Waals surface area contributed by atoms with Crippen molar-refractivity contribution in [2.24, 2.45) is 11.7 Å². The molecule has 254 valence electrons. The van der Waals surface area contributed by atoms with Crippen LogP contribution in [0.2, 0.25) is 0 Å². The van der Waals surface area contributed by atoms with Crippen LogP contribution in [0.4, 0.5) is 0 Å². The van der Waals surface area contributed by atoms with Gasteiger partial charge in [-0.3, -0.25) is 33.6 Å². The van der Waals surface area contributed by atoms with Crippen molar-refractivity contribution in [3.05, 3.63) is 35.9 Å². The van der Waals surface area contributed by atoms with Crippen LogP contribution in [0, 0.1) is 5.92 Å². The second-order valence-corrected chi connectivity index (χ2v) is 10.9. The van der Waals surface area contributed by atoms with Gasteiger partial charge in [-0.25, -0.2) is 4.79 Å². The van der Waals surface area contributed by atoms with Crippen LogP contribution >= 0.6 is 0 Å². The number of carbonyl (C=O) groups excluding carboxylic acids is 5. The molecule has 5 amide bonds. The van der Waals surface area contributed by atoms with Gasteiger partial charge in [0.1, 0.15) is 30.2 Å². The summed E-state index contributed by atoms with van der Waals surface area (Å²) in [5.41, 5.74) is 5.90. The highest BCUT2D eigenvalue weighted by Gasteiger charge is 2.33. The summed E-state index contributed by atoms with van der Waals surface area (Å²) in [5.74, 6) is -8.84. The molecule has 10 N–H and O–H groups in total. The molecule has 0 radical (unpaired) electrons. The maximum atomic E-state index is 13.2. The van der Waals surface area contributed by atoms with Gasteiger partial charge < -0.3 is 47.6 Å². The molecule has 1 aromatic carbocycles. The van der Waals surface area contributed by atoms with E-state index in [2.05, 4.69) is 26.6 Å². The highest BCUT2D eigenvalue weighted by Crippen LogP contribution is 2.08. The molecule has 0 spiro atoms. The monoisotopic (exact) mass is 650 g/mol. The normalized spacial score (nSPS) is 14.0. The Balaban J connectivity index is 3.05. The smallest absolute Gasteiger partial charge is 0.326 e. The van der Waals surface area contributed by atoms with Crippen molar-refractivity contribution in [2.75, 3.05) is 6.54 Å². The Kier molecular flexibility index (Phi) is 16.4. The number of hydrogen-bond donors (Lipinski definition) is 9. The Morgan fingerprint density at radius 3 is 1.74 bits per heavy atom. The minimum absolute atomic E-state index is 0.0155. The number of carboxylic acids is 3. The Bertz CT molecular complexity index is 1260. The van der Waals surface area contributed by atoms with Crippen LogP contribution in [0.3, 0.4) is 0 Å². The predicted molar refractivity (Wildman–Crippen MR) is 161 cm³/mol. The van der Waals surface area contributed by atoms with Crippen molar-refractivity contribution in [3.8, 4) is 0 Å². The van der Waals surface area contributed by atoms with E-state index in [-0.39, 0.29) is 25.2 Å². The van der Waals surface area contributed by atoms with Gasteiger partial charge in [0.25, 0.3) is 0 Å². The molecule has 0 saturated carbocycles. The molecule has 0 aliphatic carbocycles. The number of nitrogens with two attached hydrogens (primary N) is 1. The van der Waals surface area contributed by atoms with Crippen molar-refractivity contribution in [1.82, 2.24) is 26.6 Å². The molecule has 0 aliphatic rings. The number of hydrogen-bond acceptors (Lipinski definition) is 9. The Labute approximate surface area is 265 Å². The topological polar surface area (TPSA) is 283 Å². The molecule has 0 aliphatic heterocycles. The summed E-state index contributed by atoms with van der Waals surface area (Å²) >= 11 is 0. The van der Waals surface area contributed by atoms with E-state index in [9.17, 15) is 48.6 Å². The van der Waals surface area contributed by atoms with Gasteiger partial charge in [-0.1, -0.05) is 44.2 Å². The largest absolute Gasteiger partial charge is 0.481 e. The molecule has 5 atom stereocenters. The van der Waals surface area contributed by atoms with Crippen molar-refractivity contribution < 1.29 is 53.7 Å². The summed E-state index contributed by atoms with van der Waals surface area (Å²) in [6.07, 6.45) is -1.85. The number of rotatable bonds is 20. The van der Waals surface area contributed by atoms with Gasteiger partial charge in [-0.15, -0.1) is 0 Å². The van der Waals surface area contributed by atoms with Gasteiger partial charge in [0.15, 0.2) is 0 Å². The summed E-state index contributed by atoms with van der Waals surface area (Å²) in [5, 5.41) is 39.5. The first-order valence-corrected chi connectivity index (χ1v) is 14.4. The number of benzene rings is 1. The maximum absolute atomic E-state index is 13.2. The second kappa shape index (κ2) is 19.4. The van der Waals surface area contributed by atoms with E-state index in [1.807, 2.05) is 0 Å². The SMILES string of the molecule is CC(C)C[C@H](NC(=O)[C@H](CC(=O)O)NC(=O)[C@H](CCC(=O)O)NC(=O)CN)C(=O)N[C@@H](C)C(=O)N[C@@H](Cc1ccccc1)C(=O)O. The third-order valence-corrected chi connectivity index (χ3v) is 6.49. The lowest BCUT2D eigenvalue weighted by molar-refractivity contribution is -0.142. The van der Waals surface area contributed by atoms with E-state index in [0.29, 0.717) is 5.56 Å². The van der Waals surface area contributed by atoms with Gasteiger partial charge >= 0.3 is 17.9 Å². The Hall–Kier alpha value is -5.06. The van der Waals surface area contributed by atoms with Crippen LogP contribution in [0.25, 0.3) is 0 Å². The lowest BCUT2D eigenvalue weighted by atomic mass is 10.0. The first kappa shape index (κ1) is 39.0. The van der Waals surface area contributed by atoms with Gasteiger partial charge in [0, 0.05) is 12.8 Å². The summed E-state index contributed by atoms with van der Waals surface area (Å²) in [6.45, 7) is 4.24. The first-order chi connectivity index (χ1) is 21.5. The first-order valence-electron chi connectivity index (χ1n) is 14.4. The summed E-state index contributed by atoms with van der Waals surface area (Å²) < 4.78 is 0. The number of carbonyl (C=O) groups is 8. The molecular weight excluding hydrogens is 608 g/mol. The molecule has 1 rings (SSSR count).